The van der Waals surface area contributed by atoms with Crippen LogP contribution in [0.5, 0.6) is 0 Å². The molecular weight excluding hydrogens is 354 g/mol. The Morgan fingerprint density at radius 1 is 1.19 bits per heavy atom. The Hall–Kier alpha value is -1.92. The highest BCUT2D eigenvalue weighted by Crippen LogP contribution is 2.52. The van der Waals surface area contributed by atoms with Gasteiger partial charge in [0.2, 0.25) is 0 Å². The quantitative estimate of drug-likeness (QED) is 0.848. The summed E-state index contributed by atoms with van der Waals surface area (Å²) in [5.41, 5.74) is 6.57. The first-order valence-corrected chi connectivity index (χ1v) is 9.51. The summed E-state index contributed by atoms with van der Waals surface area (Å²) in [6, 6.07) is 13.7. The predicted octanol–water partition coefficient (Wildman–Crippen LogP) is 4.39. The third-order valence-electron chi connectivity index (χ3n) is 5.34. The smallest absolute Gasteiger partial charge is 0.155 e. The molecule has 2 aliphatic heterocycles. The van der Waals surface area contributed by atoms with Crippen molar-refractivity contribution in [2.24, 2.45) is 16.6 Å². The second kappa shape index (κ2) is 6.67. The van der Waals surface area contributed by atoms with Gasteiger partial charge < -0.3 is 10.5 Å². The molecular formula is C20H20F2N2OS. The highest BCUT2D eigenvalue weighted by Gasteiger charge is 2.52. The Bertz CT molecular complexity index is 845. The van der Waals surface area contributed by atoms with Gasteiger partial charge in [0, 0.05) is 22.8 Å². The number of rotatable bonds is 2. The first kappa shape index (κ1) is 17.5. The zero-order valence-electron chi connectivity index (χ0n) is 14.4. The molecule has 3 nitrogen and oxygen atoms in total. The number of halogens is 2. The molecule has 1 fully saturated rings. The Labute approximate surface area is 155 Å². The predicted molar refractivity (Wildman–Crippen MR) is 100.0 cm³/mol. The minimum Gasteiger partial charge on any atom is -0.379 e. The van der Waals surface area contributed by atoms with E-state index < -0.39 is 17.2 Å². The standard InChI is InChI=1S/C20H20F2N2OS/c1-12-16-10-18(13-5-3-2-4-6-13)25-11-20(16,24-19(23)26-12)15-8-7-14(21)9-17(15)22/h2-9,12,16,18H,10-11H2,1H3,(H2,23,24). The minimum absolute atomic E-state index is 0.0266. The van der Waals surface area contributed by atoms with E-state index in [1.807, 2.05) is 30.3 Å². The number of aliphatic imine (C=N–C) groups is 1. The summed E-state index contributed by atoms with van der Waals surface area (Å²) >= 11 is 1.50. The molecule has 4 atom stereocenters. The van der Waals surface area contributed by atoms with E-state index in [1.54, 1.807) is 0 Å². The van der Waals surface area contributed by atoms with E-state index in [2.05, 4.69) is 11.9 Å². The summed E-state index contributed by atoms with van der Waals surface area (Å²) in [5.74, 6) is -1.18. The third kappa shape index (κ3) is 2.91. The number of fused-ring (bicyclic) bond motifs is 1. The maximum Gasteiger partial charge on any atom is 0.155 e. The fraction of sp³-hybridized carbons (Fsp3) is 0.350. The summed E-state index contributed by atoms with van der Waals surface area (Å²) in [4.78, 5) is 4.64. The molecule has 0 spiro atoms. The molecule has 6 heteroatoms. The second-order valence-corrected chi connectivity index (χ2v) is 8.27. The number of hydrogen-bond acceptors (Lipinski definition) is 4. The van der Waals surface area contributed by atoms with Crippen LogP contribution in [0.1, 0.15) is 30.6 Å². The second-order valence-electron chi connectivity index (χ2n) is 6.87. The molecule has 2 aromatic rings. The van der Waals surface area contributed by atoms with E-state index in [0.29, 0.717) is 17.2 Å². The van der Waals surface area contributed by atoms with Gasteiger partial charge in [0.15, 0.2) is 5.17 Å². The molecule has 2 aromatic carbocycles. The van der Waals surface area contributed by atoms with Gasteiger partial charge in [-0.2, -0.15) is 0 Å². The van der Waals surface area contributed by atoms with Crippen molar-refractivity contribution in [3.63, 3.8) is 0 Å². The van der Waals surface area contributed by atoms with E-state index in [4.69, 9.17) is 10.5 Å². The maximum absolute atomic E-state index is 14.7. The molecule has 0 saturated carbocycles. The average Bonchev–Trinajstić information content (AvgIpc) is 2.62. The van der Waals surface area contributed by atoms with Crippen molar-refractivity contribution in [1.29, 1.82) is 0 Å². The van der Waals surface area contributed by atoms with Crippen LogP contribution in [0.2, 0.25) is 0 Å². The van der Waals surface area contributed by atoms with Crippen molar-refractivity contribution in [1.82, 2.24) is 0 Å². The molecule has 1 saturated heterocycles. The van der Waals surface area contributed by atoms with Crippen LogP contribution in [0.25, 0.3) is 0 Å². The monoisotopic (exact) mass is 374 g/mol. The average molecular weight is 374 g/mol. The van der Waals surface area contributed by atoms with Crippen LogP contribution < -0.4 is 5.73 Å². The van der Waals surface area contributed by atoms with Crippen LogP contribution in [0.15, 0.2) is 53.5 Å². The molecule has 0 bridgehead atoms. The van der Waals surface area contributed by atoms with Gasteiger partial charge >= 0.3 is 0 Å². The van der Waals surface area contributed by atoms with E-state index >= 15 is 0 Å². The molecule has 0 aliphatic carbocycles. The van der Waals surface area contributed by atoms with Gasteiger partial charge in [0.05, 0.1) is 12.7 Å². The van der Waals surface area contributed by atoms with E-state index in [-0.39, 0.29) is 23.9 Å². The Morgan fingerprint density at radius 2 is 1.96 bits per heavy atom. The Balaban J connectivity index is 1.77. The number of nitrogens with two attached hydrogens (primary N) is 1. The van der Waals surface area contributed by atoms with Gasteiger partial charge in [0.25, 0.3) is 0 Å². The number of hydrogen-bond donors (Lipinski definition) is 1. The normalized spacial score (nSPS) is 31.2. The molecule has 2 N–H and O–H groups in total. The molecule has 0 radical (unpaired) electrons. The van der Waals surface area contributed by atoms with E-state index in [9.17, 15) is 8.78 Å². The van der Waals surface area contributed by atoms with Crippen molar-refractivity contribution in [2.75, 3.05) is 6.61 Å². The SMILES string of the molecule is CC1SC(N)=NC2(c3ccc(F)cc3F)COC(c3ccccc3)CC12. The molecule has 0 aromatic heterocycles. The number of thioether (sulfide) groups is 1. The molecule has 4 unspecified atom stereocenters. The van der Waals surface area contributed by atoms with Crippen molar-refractivity contribution in [3.05, 3.63) is 71.3 Å². The van der Waals surface area contributed by atoms with Crippen LogP contribution in [0, 0.1) is 17.6 Å². The summed E-state index contributed by atoms with van der Waals surface area (Å²) in [6.07, 6.45) is 0.626. The lowest BCUT2D eigenvalue weighted by Gasteiger charge is -2.49. The summed E-state index contributed by atoms with van der Waals surface area (Å²) in [5, 5.41) is 0.561. The fourth-order valence-electron chi connectivity index (χ4n) is 4.10. The van der Waals surface area contributed by atoms with Crippen molar-refractivity contribution >= 4 is 16.9 Å². The topological polar surface area (TPSA) is 47.6 Å². The Morgan fingerprint density at radius 3 is 2.69 bits per heavy atom. The number of ether oxygens (including phenoxy) is 1. The lowest BCUT2D eigenvalue weighted by Crippen LogP contribution is -2.51. The van der Waals surface area contributed by atoms with Gasteiger partial charge in [-0.3, -0.25) is 0 Å². The van der Waals surface area contributed by atoms with Gasteiger partial charge in [-0.25, -0.2) is 13.8 Å². The summed E-state index contributed by atoms with van der Waals surface area (Å²) < 4.78 is 34.2. The lowest BCUT2D eigenvalue weighted by molar-refractivity contribution is -0.0643. The van der Waals surface area contributed by atoms with Crippen LogP contribution in [-0.4, -0.2) is 17.0 Å². The van der Waals surface area contributed by atoms with Gasteiger partial charge in [-0.15, -0.1) is 0 Å². The number of nitrogens with zero attached hydrogens (tertiary/aromatic N) is 1. The molecule has 0 amide bonds. The zero-order valence-corrected chi connectivity index (χ0v) is 15.2. The highest BCUT2D eigenvalue weighted by atomic mass is 32.2. The van der Waals surface area contributed by atoms with Crippen LogP contribution >= 0.6 is 11.8 Å². The molecule has 26 heavy (non-hydrogen) atoms. The van der Waals surface area contributed by atoms with Crippen LogP contribution in [-0.2, 0) is 10.3 Å². The van der Waals surface area contributed by atoms with Crippen molar-refractivity contribution in [2.45, 2.75) is 30.2 Å². The van der Waals surface area contributed by atoms with E-state index in [1.165, 1.54) is 23.9 Å². The van der Waals surface area contributed by atoms with Crippen molar-refractivity contribution in [3.8, 4) is 0 Å². The number of benzene rings is 2. The minimum atomic E-state index is -0.919. The van der Waals surface area contributed by atoms with E-state index in [0.717, 1.165) is 11.6 Å². The lowest BCUT2D eigenvalue weighted by atomic mass is 9.72. The third-order valence-corrected chi connectivity index (χ3v) is 6.37. The highest BCUT2D eigenvalue weighted by molar-refractivity contribution is 8.14. The molecule has 2 heterocycles. The Kier molecular flexibility index (Phi) is 4.49. The first-order valence-electron chi connectivity index (χ1n) is 8.63. The van der Waals surface area contributed by atoms with Crippen molar-refractivity contribution < 1.29 is 13.5 Å². The summed E-state index contributed by atoms with van der Waals surface area (Å²) in [7, 11) is 0. The largest absolute Gasteiger partial charge is 0.379 e. The number of amidine groups is 1. The zero-order chi connectivity index (χ0) is 18.3. The molecule has 4 rings (SSSR count). The first-order chi connectivity index (χ1) is 12.5. The van der Waals surface area contributed by atoms with Crippen LogP contribution in [0.4, 0.5) is 8.78 Å². The molecule has 2 aliphatic rings. The van der Waals surface area contributed by atoms with Crippen LogP contribution in [0.3, 0.4) is 0 Å². The van der Waals surface area contributed by atoms with Gasteiger partial charge in [-0.1, -0.05) is 55.1 Å². The molecule has 136 valence electrons. The van der Waals surface area contributed by atoms with Gasteiger partial charge in [-0.05, 0) is 18.1 Å². The summed E-state index contributed by atoms with van der Waals surface area (Å²) in [6.45, 7) is 2.30. The fourth-order valence-corrected chi connectivity index (χ4v) is 5.19. The maximum atomic E-state index is 14.7. The van der Waals surface area contributed by atoms with Gasteiger partial charge in [0.1, 0.15) is 17.2 Å².